The third kappa shape index (κ3) is 4.17. The summed E-state index contributed by atoms with van der Waals surface area (Å²) in [6.45, 7) is 6.82. The van der Waals surface area contributed by atoms with E-state index in [1.165, 1.54) is 0 Å². The summed E-state index contributed by atoms with van der Waals surface area (Å²) in [6.07, 6.45) is 0.535. The molecule has 0 atom stereocenters. The van der Waals surface area contributed by atoms with Gasteiger partial charge < -0.3 is 5.73 Å². The van der Waals surface area contributed by atoms with Crippen LogP contribution in [0.4, 0.5) is 5.82 Å². The largest absolute Gasteiger partial charge is 0.383 e. The van der Waals surface area contributed by atoms with Gasteiger partial charge in [-0.2, -0.15) is 5.26 Å². The Morgan fingerprint density at radius 1 is 1.33 bits per heavy atom. The number of benzene rings is 1. The van der Waals surface area contributed by atoms with Gasteiger partial charge in [-0.05, 0) is 18.1 Å². The summed E-state index contributed by atoms with van der Waals surface area (Å²) in [6, 6.07) is 12.3. The molecule has 21 heavy (non-hydrogen) atoms. The van der Waals surface area contributed by atoms with Crippen LogP contribution in [-0.2, 0) is 6.54 Å². The predicted molar refractivity (Wildman–Crippen MR) is 86.5 cm³/mol. The Bertz CT molecular complexity index is 643. The Morgan fingerprint density at radius 2 is 2.10 bits per heavy atom. The van der Waals surface area contributed by atoms with Gasteiger partial charge in [-0.25, -0.2) is 4.98 Å². The summed E-state index contributed by atoms with van der Waals surface area (Å²) >= 11 is 0. The number of nitriles is 1. The molecule has 0 fully saturated rings. The molecule has 2 aromatic rings. The first-order chi connectivity index (χ1) is 10.1. The van der Waals surface area contributed by atoms with Gasteiger partial charge in [-0.3, -0.25) is 4.90 Å². The number of rotatable bonds is 6. The molecule has 0 amide bonds. The summed E-state index contributed by atoms with van der Waals surface area (Å²) in [5.41, 5.74) is 8.05. The first kappa shape index (κ1) is 15.3. The molecule has 0 saturated heterocycles. The third-order valence-electron chi connectivity index (χ3n) is 3.39. The summed E-state index contributed by atoms with van der Waals surface area (Å²) in [5, 5.41) is 9.90. The average molecular weight is 282 g/mol. The number of para-hydroxylation sites is 1. The maximum absolute atomic E-state index is 8.80. The van der Waals surface area contributed by atoms with Gasteiger partial charge in [0.15, 0.2) is 0 Å². The molecule has 0 saturated carbocycles. The maximum atomic E-state index is 8.80. The van der Waals surface area contributed by atoms with Crippen LogP contribution in [0.25, 0.3) is 10.9 Å². The number of nitrogens with zero attached hydrogens (tertiary/aromatic N) is 3. The first-order valence-corrected chi connectivity index (χ1v) is 7.33. The number of aromatic nitrogens is 1. The molecule has 2 rings (SSSR count). The fourth-order valence-corrected chi connectivity index (χ4v) is 2.50. The van der Waals surface area contributed by atoms with E-state index in [0.29, 0.717) is 18.2 Å². The molecule has 2 N–H and O–H groups in total. The Hall–Kier alpha value is -2.12. The number of anilines is 1. The number of nitrogens with two attached hydrogens (primary N) is 1. The van der Waals surface area contributed by atoms with E-state index in [1.54, 1.807) is 0 Å². The maximum Gasteiger partial charge on any atom is 0.128 e. The predicted octanol–water partition coefficient (Wildman–Crippen LogP) is 3.19. The average Bonchev–Trinajstić information content (AvgIpc) is 2.45. The monoisotopic (exact) mass is 282 g/mol. The van der Waals surface area contributed by atoms with Crippen molar-refractivity contribution in [2.45, 2.75) is 26.8 Å². The number of pyridine rings is 1. The fourth-order valence-electron chi connectivity index (χ4n) is 2.50. The molecule has 4 nitrogen and oxygen atoms in total. The summed E-state index contributed by atoms with van der Waals surface area (Å²) in [5.74, 6) is 1.14. The molecule has 1 heterocycles. The molecule has 0 bridgehead atoms. The van der Waals surface area contributed by atoms with E-state index in [1.807, 2.05) is 24.3 Å². The zero-order chi connectivity index (χ0) is 15.2. The van der Waals surface area contributed by atoms with Crippen LogP contribution >= 0.6 is 0 Å². The van der Waals surface area contributed by atoms with Crippen molar-refractivity contribution in [3.05, 3.63) is 35.9 Å². The molecule has 0 aliphatic heterocycles. The second-order valence-corrected chi connectivity index (χ2v) is 5.76. The smallest absolute Gasteiger partial charge is 0.128 e. The molecule has 110 valence electrons. The molecule has 0 radical (unpaired) electrons. The van der Waals surface area contributed by atoms with E-state index in [2.05, 4.69) is 35.9 Å². The van der Waals surface area contributed by atoms with Gasteiger partial charge in [0.2, 0.25) is 0 Å². The minimum atomic E-state index is 0.535. The molecule has 1 aromatic heterocycles. The molecular weight excluding hydrogens is 260 g/mol. The number of nitrogen functional groups attached to an aromatic ring is 1. The Kier molecular flexibility index (Phi) is 5.13. The van der Waals surface area contributed by atoms with E-state index in [4.69, 9.17) is 11.0 Å². The highest BCUT2D eigenvalue weighted by molar-refractivity contribution is 5.81. The molecule has 0 spiro atoms. The number of hydrogen-bond acceptors (Lipinski definition) is 4. The van der Waals surface area contributed by atoms with Gasteiger partial charge in [-0.1, -0.05) is 32.0 Å². The molecular formula is C17H22N4. The summed E-state index contributed by atoms with van der Waals surface area (Å²) in [4.78, 5) is 6.75. The molecule has 1 aromatic carbocycles. The third-order valence-corrected chi connectivity index (χ3v) is 3.39. The molecule has 4 heteroatoms. The van der Waals surface area contributed by atoms with E-state index < -0.39 is 0 Å². The van der Waals surface area contributed by atoms with Crippen LogP contribution in [-0.4, -0.2) is 23.0 Å². The molecule has 0 aliphatic rings. The Morgan fingerprint density at radius 3 is 2.81 bits per heavy atom. The van der Waals surface area contributed by atoms with E-state index in [9.17, 15) is 0 Å². The molecule has 0 aliphatic carbocycles. The van der Waals surface area contributed by atoms with Gasteiger partial charge in [0, 0.05) is 37.0 Å². The minimum Gasteiger partial charge on any atom is -0.383 e. The first-order valence-electron chi connectivity index (χ1n) is 7.33. The van der Waals surface area contributed by atoms with Crippen LogP contribution in [0.2, 0.25) is 0 Å². The van der Waals surface area contributed by atoms with Crippen LogP contribution in [0, 0.1) is 17.2 Å². The van der Waals surface area contributed by atoms with Crippen LogP contribution in [0.3, 0.4) is 0 Å². The van der Waals surface area contributed by atoms with Crippen molar-refractivity contribution >= 4 is 16.7 Å². The second-order valence-electron chi connectivity index (χ2n) is 5.76. The van der Waals surface area contributed by atoms with Crippen molar-refractivity contribution in [2.24, 2.45) is 5.92 Å². The fraction of sp³-hybridized carbons (Fsp3) is 0.412. The lowest BCUT2D eigenvalue weighted by molar-refractivity contribution is 0.241. The van der Waals surface area contributed by atoms with Gasteiger partial charge in [-0.15, -0.1) is 0 Å². The lowest BCUT2D eigenvalue weighted by atomic mass is 10.1. The van der Waals surface area contributed by atoms with Gasteiger partial charge in [0.05, 0.1) is 11.6 Å². The van der Waals surface area contributed by atoms with E-state index >= 15 is 0 Å². The van der Waals surface area contributed by atoms with E-state index in [0.717, 1.165) is 36.1 Å². The van der Waals surface area contributed by atoms with Crippen LogP contribution in [0.5, 0.6) is 0 Å². The van der Waals surface area contributed by atoms with E-state index in [-0.39, 0.29) is 0 Å². The SMILES string of the molecule is CC(C)CN(CCC#N)Cc1cc2ccccc2nc1N. The quantitative estimate of drug-likeness (QED) is 0.883. The standard InChI is InChI=1S/C17H22N4/c1-13(2)11-21(9-5-8-18)12-15-10-14-6-3-4-7-16(14)20-17(15)19/h3-4,6-7,10,13H,5,9,11-12H2,1-2H3,(H2,19,20). The van der Waals surface area contributed by atoms with Crippen LogP contribution in [0.1, 0.15) is 25.8 Å². The number of fused-ring (bicyclic) bond motifs is 1. The topological polar surface area (TPSA) is 65.9 Å². The van der Waals surface area contributed by atoms with Crippen molar-refractivity contribution in [1.29, 1.82) is 5.26 Å². The van der Waals surface area contributed by atoms with Crippen molar-refractivity contribution in [3.63, 3.8) is 0 Å². The highest BCUT2D eigenvalue weighted by atomic mass is 15.1. The van der Waals surface area contributed by atoms with Crippen LogP contribution in [0.15, 0.2) is 30.3 Å². The van der Waals surface area contributed by atoms with Crippen molar-refractivity contribution in [2.75, 3.05) is 18.8 Å². The van der Waals surface area contributed by atoms with Gasteiger partial charge >= 0.3 is 0 Å². The summed E-state index contributed by atoms with van der Waals surface area (Å²) in [7, 11) is 0. The van der Waals surface area contributed by atoms with Crippen molar-refractivity contribution in [3.8, 4) is 6.07 Å². The second kappa shape index (κ2) is 7.05. The van der Waals surface area contributed by atoms with Gasteiger partial charge in [0.25, 0.3) is 0 Å². The lowest BCUT2D eigenvalue weighted by Crippen LogP contribution is -2.28. The van der Waals surface area contributed by atoms with Crippen LogP contribution < -0.4 is 5.73 Å². The Balaban J connectivity index is 2.22. The van der Waals surface area contributed by atoms with Crippen molar-refractivity contribution in [1.82, 2.24) is 9.88 Å². The zero-order valence-electron chi connectivity index (χ0n) is 12.7. The summed E-state index contributed by atoms with van der Waals surface area (Å²) < 4.78 is 0. The minimum absolute atomic E-state index is 0.535. The number of hydrogen-bond donors (Lipinski definition) is 1. The Labute approximate surface area is 126 Å². The van der Waals surface area contributed by atoms with Crippen molar-refractivity contribution < 1.29 is 0 Å². The highest BCUT2D eigenvalue weighted by Gasteiger charge is 2.11. The zero-order valence-corrected chi connectivity index (χ0v) is 12.7. The highest BCUT2D eigenvalue weighted by Crippen LogP contribution is 2.20. The lowest BCUT2D eigenvalue weighted by Gasteiger charge is -2.23. The van der Waals surface area contributed by atoms with Gasteiger partial charge in [0.1, 0.15) is 5.82 Å². The normalized spacial score (nSPS) is 11.2. The molecule has 0 unspecified atom stereocenters.